The van der Waals surface area contributed by atoms with Gasteiger partial charge < -0.3 is 0 Å². The van der Waals surface area contributed by atoms with E-state index in [1.165, 1.54) is 0 Å². The molecule has 0 saturated carbocycles. The monoisotopic (exact) mass is 335 g/mol. The van der Waals surface area contributed by atoms with E-state index in [1.54, 1.807) is 16.8 Å². The molecule has 126 valence electrons. The third kappa shape index (κ3) is 4.20. The van der Waals surface area contributed by atoms with Crippen molar-refractivity contribution in [2.75, 3.05) is 0 Å². The first-order chi connectivity index (χ1) is 10.9. The van der Waals surface area contributed by atoms with Gasteiger partial charge >= 0.3 is 0 Å². The minimum absolute atomic E-state index is 0.251. The van der Waals surface area contributed by atoms with Crippen molar-refractivity contribution in [2.24, 2.45) is 0 Å². The van der Waals surface area contributed by atoms with Gasteiger partial charge in [-0.3, -0.25) is 4.68 Å². The summed E-state index contributed by atoms with van der Waals surface area (Å²) in [7, 11) is -3.51. The SMILES string of the molecule is CCC(C)c1ccc(S(=O)(=O)NCc2cn(CC)nc2C)cc1. The highest BCUT2D eigenvalue weighted by molar-refractivity contribution is 7.89. The molecule has 23 heavy (non-hydrogen) atoms. The Labute approximate surface area is 138 Å². The van der Waals surface area contributed by atoms with Gasteiger partial charge in [-0.1, -0.05) is 26.0 Å². The largest absolute Gasteiger partial charge is 0.272 e. The second-order valence-corrected chi connectivity index (χ2v) is 7.57. The summed E-state index contributed by atoms with van der Waals surface area (Å²) >= 11 is 0. The lowest BCUT2D eigenvalue weighted by Gasteiger charge is -2.10. The van der Waals surface area contributed by atoms with Crippen molar-refractivity contribution in [2.45, 2.75) is 58.0 Å². The Kier molecular flexibility index (Phi) is 5.59. The molecule has 0 fully saturated rings. The summed E-state index contributed by atoms with van der Waals surface area (Å²) in [6.45, 7) is 9.16. The average molecular weight is 335 g/mol. The van der Waals surface area contributed by atoms with Crippen LogP contribution >= 0.6 is 0 Å². The molecule has 0 aliphatic carbocycles. The van der Waals surface area contributed by atoms with Crippen molar-refractivity contribution in [3.63, 3.8) is 0 Å². The smallest absolute Gasteiger partial charge is 0.240 e. The molecule has 0 bridgehead atoms. The van der Waals surface area contributed by atoms with Crippen LogP contribution in [0.2, 0.25) is 0 Å². The van der Waals surface area contributed by atoms with Gasteiger partial charge in [-0.2, -0.15) is 5.10 Å². The number of benzene rings is 1. The fourth-order valence-corrected chi connectivity index (χ4v) is 3.37. The fourth-order valence-electron chi connectivity index (χ4n) is 2.36. The van der Waals surface area contributed by atoms with Crippen LogP contribution in [0.3, 0.4) is 0 Å². The van der Waals surface area contributed by atoms with Gasteiger partial charge in [0.2, 0.25) is 10.0 Å². The molecule has 1 unspecified atom stereocenters. The maximum Gasteiger partial charge on any atom is 0.240 e. The van der Waals surface area contributed by atoms with E-state index in [4.69, 9.17) is 0 Å². The van der Waals surface area contributed by atoms with Crippen LogP contribution in [0.15, 0.2) is 35.4 Å². The van der Waals surface area contributed by atoms with E-state index >= 15 is 0 Å². The van der Waals surface area contributed by atoms with Crippen molar-refractivity contribution in [3.8, 4) is 0 Å². The molecule has 0 radical (unpaired) electrons. The van der Waals surface area contributed by atoms with Crippen LogP contribution in [-0.4, -0.2) is 18.2 Å². The summed E-state index contributed by atoms with van der Waals surface area (Å²) in [4.78, 5) is 0.296. The predicted octanol–water partition coefficient (Wildman–Crippen LogP) is 3.20. The van der Waals surface area contributed by atoms with Gasteiger partial charge in [-0.15, -0.1) is 0 Å². The van der Waals surface area contributed by atoms with Gasteiger partial charge in [0.15, 0.2) is 0 Å². The first-order valence-electron chi connectivity index (χ1n) is 8.00. The van der Waals surface area contributed by atoms with Gasteiger partial charge in [0.25, 0.3) is 0 Å². The summed E-state index contributed by atoms with van der Waals surface area (Å²) in [5.74, 6) is 0.433. The number of rotatable bonds is 7. The standard InChI is InChI=1S/C17H25N3O2S/c1-5-13(3)15-7-9-17(10-8-15)23(21,22)18-11-16-12-20(6-2)19-14(16)4/h7-10,12-13,18H,5-6,11H2,1-4H3. The number of aryl methyl sites for hydroxylation is 2. The Bertz CT molecular complexity index is 749. The Morgan fingerprint density at radius 1 is 1.22 bits per heavy atom. The van der Waals surface area contributed by atoms with E-state index in [2.05, 4.69) is 23.7 Å². The average Bonchev–Trinajstić information content (AvgIpc) is 2.92. The Hall–Kier alpha value is -1.66. The second-order valence-electron chi connectivity index (χ2n) is 5.80. The molecule has 1 atom stereocenters. The quantitative estimate of drug-likeness (QED) is 0.845. The number of hydrogen-bond donors (Lipinski definition) is 1. The topological polar surface area (TPSA) is 64.0 Å². The minimum Gasteiger partial charge on any atom is -0.272 e. The van der Waals surface area contributed by atoms with E-state index in [1.807, 2.05) is 32.2 Å². The molecule has 1 aromatic heterocycles. The van der Waals surface area contributed by atoms with Gasteiger partial charge in [-0.05, 0) is 43.9 Å². The maximum atomic E-state index is 12.4. The highest BCUT2D eigenvalue weighted by Gasteiger charge is 2.15. The Morgan fingerprint density at radius 2 is 1.87 bits per heavy atom. The van der Waals surface area contributed by atoms with Crippen molar-refractivity contribution in [1.82, 2.24) is 14.5 Å². The van der Waals surface area contributed by atoms with Crippen LogP contribution in [0.25, 0.3) is 0 Å². The first kappa shape index (κ1) is 17.7. The molecular weight excluding hydrogens is 310 g/mol. The minimum atomic E-state index is -3.51. The van der Waals surface area contributed by atoms with Gasteiger partial charge in [-0.25, -0.2) is 13.1 Å². The molecule has 5 nitrogen and oxygen atoms in total. The van der Waals surface area contributed by atoms with Crippen LogP contribution in [0.1, 0.15) is 49.9 Å². The lowest BCUT2D eigenvalue weighted by Crippen LogP contribution is -2.23. The summed E-state index contributed by atoms with van der Waals surface area (Å²) in [6.07, 6.45) is 2.91. The lowest BCUT2D eigenvalue weighted by atomic mass is 9.99. The van der Waals surface area contributed by atoms with Crippen LogP contribution in [-0.2, 0) is 23.1 Å². The van der Waals surface area contributed by atoms with E-state index in [9.17, 15) is 8.42 Å². The molecule has 0 amide bonds. The third-order valence-corrected chi connectivity index (χ3v) is 5.61. The summed E-state index contributed by atoms with van der Waals surface area (Å²) < 4.78 is 29.3. The van der Waals surface area contributed by atoms with Crippen LogP contribution in [0.4, 0.5) is 0 Å². The third-order valence-electron chi connectivity index (χ3n) is 4.20. The van der Waals surface area contributed by atoms with E-state index < -0.39 is 10.0 Å². The zero-order valence-electron chi connectivity index (χ0n) is 14.2. The Morgan fingerprint density at radius 3 is 2.39 bits per heavy atom. The summed E-state index contributed by atoms with van der Waals surface area (Å²) in [6, 6.07) is 7.13. The maximum absolute atomic E-state index is 12.4. The van der Waals surface area contributed by atoms with Crippen LogP contribution < -0.4 is 4.72 Å². The normalized spacial score (nSPS) is 13.2. The highest BCUT2D eigenvalue weighted by Crippen LogP contribution is 2.20. The molecule has 2 aromatic rings. The molecule has 1 heterocycles. The number of nitrogens with zero attached hydrogens (tertiary/aromatic N) is 2. The number of aromatic nitrogens is 2. The van der Waals surface area contributed by atoms with E-state index in [0.29, 0.717) is 10.8 Å². The molecule has 0 spiro atoms. The van der Waals surface area contributed by atoms with Gasteiger partial charge in [0.1, 0.15) is 0 Å². The molecule has 1 aromatic carbocycles. The zero-order valence-corrected chi connectivity index (χ0v) is 15.0. The molecule has 0 aliphatic heterocycles. The summed E-state index contributed by atoms with van der Waals surface area (Å²) in [5, 5.41) is 4.32. The van der Waals surface area contributed by atoms with Gasteiger partial charge in [0.05, 0.1) is 10.6 Å². The number of nitrogens with one attached hydrogen (secondary N) is 1. The summed E-state index contributed by atoms with van der Waals surface area (Å²) in [5.41, 5.74) is 2.90. The van der Waals surface area contributed by atoms with E-state index in [-0.39, 0.29) is 6.54 Å². The second kappa shape index (κ2) is 7.27. The molecule has 2 rings (SSSR count). The first-order valence-corrected chi connectivity index (χ1v) is 9.48. The number of sulfonamides is 1. The predicted molar refractivity (Wildman–Crippen MR) is 91.8 cm³/mol. The zero-order chi connectivity index (χ0) is 17.0. The highest BCUT2D eigenvalue weighted by atomic mass is 32.2. The molecule has 0 saturated heterocycles. The van der Waals surface area contributed by atoms with E-state index in [0.717, 1.165) is 29.8 Å². The molecule has 1 N–H and O–H groups in total. The molecule has 6 heteroatoms. The fraction of sp³-hybridized carbons (Fsp3) is 0.471. The lowest BCUT2D eigenvalue weighted by molar-refractivity contribution is 0.581. The van der Waals surface area contributed by atoms with Crippen LogP contribution in [0, 0.1) is 6.92 Å². The van der Waals surface area contributed by atoms with Gasteiger partial charge in [0, 0.05) is 24.8 Å². The molecule has 0 aliphatic rings. The van der Waals surface area contributed by atoms with Crippen molar-refractivity contribution in [3.05, 3.63) is 47.3 Å². The van der Waals surface area contributed by atoms with Crippen molar-refractivity contribution < 1.29 is 8.42 Å². The molecular formula is C17H25N3O2S. The van der Waals surface area contributed by atoms with Crippen LogP contribution in [0.5, 0.6) is 0 Å². The number of hydrogen-bond acceptors (Lipinski definition) is 3. The van der Waals surface area contributed by atoms with Crippen molar-refractivity contribution in [1.29, 1.82) is 0 Å². The Balaban J connectivity index is 2.10. The van der Waals surface area contributed by atoms with Crippen molar-refractivity contribution >= 4 is 10.0 Å².